The third-order valence-corrected chi connectivity index (χ3v) is 4.83. The summed E-state index contributed by atoms with van der Waals surface area (Å²) in [6.07, 6.45) is 4.70. The van der Waals surface area contributed by atoms with Gasteiger partial charge in [-0.05, 0) is 58.2 Å². The van der Waals surface area contributed by atoms with E-state index in [0.29, 0.717) is 38.9 Å². The molecule has 0 heterocycles. The van der Waals surface area contributed by atoms with Gasteiger partial charge in [-0.25, -0.2) is 9.59 Å². The molecule has 0 radical (unpaired) electrons. The topological polar surface area (TPSA) is 224 Å². The van der Waals surface area contributed by atoms with Gasteiger partial charge in [-0.2, -0.15) is 0 Å². The number of unbranched alkanes of at least 4 members (excludes halogenated alkanes) is 3. The van der Waals surface area contributed by atoms with E-state index in [0.717, 1.165) is 38.5 Å². The molecule has 0 aromatic rings. The highest BCUT2D eigenvalue weighted by Gasteiger charge is 2.20. The van der Waals surface area contributed by atoms with Gasteiger partial charge in [-0.3, -0.25) is 4.79 Å². The number of nitrogens with one attached hydrogen (secondary N) is 2. The van der Waals surface area contributed by atoms with Gasteiger partial charge in [0.05, 0.1) is 18.1 Å². The minimum atomic E-state index is -0.922. The Bertz CT molecular complexity index is 525. The molecule has 0 unspecified atom stereocenters. The van der Waals surface area contributed by atoms with Crippen molar-refractivity contribution >= 4 is 18.1 Å². The fourth-order valence-electron chi connectivity index (χ4n) is 2.98. The van der Waals surface area contributed by atoms with Crippen LogP contribution >= 0.6 is 0 Å². The molecule has 0 rings (SSSR count). The first-order chi connectivity index (χ1) is 15.3. The minimum absolute atomic E-state index is 0.0239. The zero-order valence-corrected chi connectivity index (χ0v) is 19.1. The molecule has 0 spiro atoms. The molecule has 12 heteroatoms. The number of hydrogen-bond donors (Lipinski definition) is 7. The van der Waals surface area contributed by atoms with E-state index in [2.05, 4.69) is 10.6 Å². The molecule has 0 bridgehead atoms. The Balaban J connectivity index is 4.69. The molecule has 0 aliphatic rings. The van der Waals surface area contributed by atoms with E-state index in [4.69, 9.17) is 38.1 Å². The summed E-state index contributed by atoms with van der Waals surface area (Å²) < 4.78 is 10.1. The highest BCUT2D eigenvalue weighted by atomic mass is 16.6. The number of carbonyl (C=O) groups is 3. The predicted octanol–water partition coefficient (Wildman–Crippen LogP) is -0.624. The fraction of sp³-hybridized carbons (Fsp3) is 0.850. The van der Waals surface area contributed by atoms with Gasteiger partial charge in [0.1, 0.15) is 13.2 Å². The van der Waals surface area contributed by atoms with Crippen LogP contribution in [-0.2, 0) is 14.3 Å². The number of amides is 3. The first-order valence-electron chi connectivity index (χ1n) is 11.4. The molecule has 188 valence electrons. The molecule has 12 nitrogen and oxygen atoms in total. The van der Waals surface area contributed by atoms with Gasteiger partial charge in [0, 0.05) is 0 Å². The average molecular weight is 462 g/mol. The monoisotopic (exact) mass is 461 g/mol. The Kier molecular flexibility index (Phi) is 18.2. The largest absolute Gasteiger partial charge is 0.448 e. The summed E-state index contributed by atoms with van der Waals surface area (Å²) in [5.74, 6) is -0.293. The number of alkyl carbamates (subject to hydrolysis) is 1. The molecule has 0 saturated heterocycles. The van der Waals surface area contributed by atoms with Crippen molar-refractivity contribution in [1.29, 1.82) is 0 Å². The van der Waals surface area contributed by atoms with Crippen molar-refractivity contribution in [2.75, 3.05) is 32.8 Å². The van der Waals surface area contributed by atoms with E-state index in [1.165, 1.54) is 0 Å². The lowest BCUT2D eigenvalue weighted by molar-refractivity contribution is -0.123. The summed E-state index contributed by atoms with van der Waals surface area (Å²) in [6, 6.07) is -1.49. The molecule has 3 atom stereocenters. The average Bonchev–Trinajstić information content (AvgIpc) is 2.75. The van der Waals surface area contributed by atoms with Crippen molar-refractivity contribution in [3.63, 3.8) is 0 Å². The number of nitrogens with two attached hydrogens (primary N) is 5. The Labute approximate surface area is 190 Å². The van der Waals surface area contributed by atoms with Crippen LogP contribution in [0.5, 0.6) is 0 Å². The van der Waals surface area contributed by atoms with E-state index >= 15 is 0 Å². The number of primary amides is 1. The number of ether oxygens (including phenoxy) is 2. The lowest BCUT2D eigenvalue weighted by Gasteiger charge is -2.22. The van der Waals surface area contributed by atoms with Gasteiger partial charge in [0.25, 0.3) is 0 Å². The van der Waals surface area contributed by atoms with Gasteiger partial charge in [-0.15, -0.1) is 0 Å². The van der Waals surface area contributed by atoms with E-state index in [-0.39, 0.29) is 19.1 Å². The van der Waals surface area contributed by atoms with Gasteiger partial charge in [0.2, 0.25) is 5.91 Å². The van der Waals surface area contributed by atoms with Crippen molar-refractivity contribution < 1.29 is 23.9 Å². The SMILES string of the molecule is NCCCC[C@H](COC(N)=O)NC(=O)OC[C@H](CCCCN)NC(=O)[C@@H](N)CCCCN. The summed E-state index contributed by atoms with van der Waals surface area (Å²) in [4.78, 5) is 35.5. The molecule has 0 aromatic heterocycles. The molecular weight excluding hydrogens is 418 g/mol. The van der Waals surface area contributed by atoms with Crippen molar-refractivity contribution in [2.24, 2.45) is 28.7 Å². The van der Waals surface area contributed by atoms with Gasteiger partial charge in [-0.1, -0.05) is 19.3 Å². The van der Waals surface area contributed by atoms with Crippen molar-refractivity contribution in [1.82, 2.24) is 10.6 Å². The molecule has 12 N–H and O–H groups in total. The minimum Gasteiger partial charge on any atom is -0.448 e. The molecule has 0 fully saturated rings. The van der Waals surface area contributed by atoms with Crippen LogP contribution in [0.25, 0.3) is 0 Å². The second-order valence-corrected chi connectivity index (χ2v) is 7.74. The molecule has 32 heavy (non-hydrogen) atoms. The quantitative estimate of drug-likeness (QED) is 0.121. The highest BCUT2D eigenvalue weighted by molar-refractivity contribution is 5.81. The third-order valence-electron chi connectivity index (χ3n) is 4.83. The van der Waals surface area contributed by atoms with Crippen LogP contribution in [0.2, 0.25) is 0 Å². The van der Waals surface area contributed by atoms with Crippen LogP contribution in [0.4, 0.5) is 9.59 Å². The highest BCUT2D eigenvalue weighted by Crippen LogP contribution is 2.06. The number of hydrogen-bond acceptors (Lipinski definition) is 9. The second kappa shape index (κ2) is 19.5. The van der Waals surface area contributed by atoms with Gasteiger partial charge < -0.3 is 48.8 Å². The van der Waals surface area contributed by atoms with Crippen molar-refractivity contribution in [2.45, 2.75) is 75.9 Å². The van der Waals surface area contributed by atoms with Gasteiger partial charge >= 0.3 is 12.2 Å². The normalized spacial score (nSPS) is 13.6. The van der Waals surface area contributed by atoms with Crippen LogP contribution in [0, 0.1) is 0 Å². The van der Waals surface area contributed by atoms with Crippen molar-refractivity contribution in [3.8, 4) is 0 Å². The first kappa shape index (κ1) is 29.9. The van der Waals surface area contributed by atoms with Gasteiger partial charge in [0.15, 0.2) is 0 Å². The van der Waals surface area contributed by atoms with E-state index < -0.39 is 30.3 Å². The predicted molar refractivity (Wildman–Crippen MR) is 122 cm³/mol. The van der Waals surface area contributed by atoms with E-state index in [9.17, 15) is 14.4 Å². The Morgan fingerprint density at radius 1 is 0.688 bits per heavy atom. The summed E-state index contributed by atoms with van der Waals surface area (Å²) in [5, 5.41) is 5.51. The maximum Gasteiger partial charge on any atom is 0.407 e. The second-order valence-electron chi connectivity index (χ2n) is 7.74. The van der Waals surface area contributed by atoms with Crippen LogP contribution in [0.3, 0.4) is 0 Å². The maximum absolute atomic E-state index is 12.4. The van der Waals surface area contributed by atoms with E-state index in [1.54, 1.807) is 0 Å². The zero-order valence-electron chi connectivity index (χ0n) is 19.1. The third kappa shape index (κ3) is 16.5. The van der Waals surface area contributed by atoms with Crippen LogP contribution in [0.1, 0.15) is 57.8 Å². The molecule has 0 saturated carbocycles. The van der Waals surface area contributed by atoms with Crippen LogP contribution in [0.15, 0.2) is 0 Å². The smallest absolute Gasteiger partial charge is 0.407 e. The lowest BCUT2D eigenvalue weighted by atomic mass is 10.1. The Hall–Kier alpha value is -2.15. The maximum atomic E-state index is 12.4. The molecular formula is C20H43N7O5. The van der Waals surface area contributed by atoms with Crippen LogP contribution < -0.4 is 39.3 Å². The first-order valence-corrected chi connectivity index (χ1v) is 11.4. The Morgan fingerprint density at radius 2 is 1.16 bits per heavy atom. The molecule has 0 aliphatic carbocycles. The number of carbonyl (C=O) groups excluding carboxylic acids is 3. The summed E-state index contributed by atoms with van der Waals surface area (Å²) in [5.41, 5.74) is 27.4. The lowest BCUT2D eigenvalue weighted by Crippen LogP contribution is -2.48. The zero-order chi connectivity index (χ0) is 24.2. The fourth-order valence-corrected chi connectivity index (χ4v) is 2.98. The summed E-state index contributed by atoms with van der Waals surface area (Å²) >= 11 is 0. The summed E-state index contributed by atoms with van der Waals surface area (Å²) in [6.45, 7) is 1.52. The molecule has 3 amide bonds. The Morgan fingerprint density at radius 3 is 1.66 bits per heavy atom. The standard InChI is InChI=1S/C20H43N7O5/c21-10-4-1-7-15(26-18(28)17(24)9-3-6-12-23)14-32-20(30)27-16(8-2-5-11-22)13-31-19(25)29/h15-17H,1-14,21-24H2,(H2,25,29)(H,26,28)(H,27,30)/t15-,16+,17-/m0/s1. The molecule has 0 aromatic carbocycles. The number of rotatable bonds is 19. The molecule has 0 aliphatic heterocycles. The van der Waals surface area contributed by atoms with Crippen LogP contribution in [-0.4, -0.2) is 69.1 Å². The summed E-state index contributed by atoms with van der Waals surface area (Å²) in [7, 11) is 0. The van der Waals surface area contributed by atoms with Crippen molar-refractivity contribution in [3.05, 3.63) is 0 Å². The van der Waals surface area contributed by atoms with E-state index in [1.807, 2.05) is 0 Å².